The van der Waals surface area contributed by atoms with Crippen molar-refractivity contribution in [3.63, 3.8) is 0 Å². The maximum atomic E-state index is 10.4. The molecule has 1 atom stereocenters. The summed E-state index contributed by atoms with van der Waals surface area (Å²) in [6.07, 6.45) is -0.223. The van der Waals surface area contributed by atoms with E-state index in [1.54, 1.807) is 0 Å². The Kier molecular flexibility index (Phi) is 3.82. The number of hydrogen-bond donors (Lipinski definition) is 3. The van der Waals surface area contributed by atoms with E-state index in [1.165, 1.54) is 0 Å². The molecule has 0 saturated heterocycles. The average molecular weight is 164 g/mol. The standard InChI is InChI=1S/C4H8N2O3S/c5-2(1-3(6)7)4(8)9-10/h2,10H,1,5H2,(H2,6,7). The molecule has 58 valence electrons. The first-order valence-corrected chi connectivity index (χ1v) is 2.83. The van der Waals surface area contributed by atoms with Crippen LogP contribution in [-0.2, 0) is 13.8 Å². The molecular formula is C4H8N2O3S. The lowest BCUT2D eigenvalue weighted by atomic mass is 10.2. The summed E-state index contributed by atoms with van der Waals surface area (Å²) in [6.45, 7) is 0. The number of rotatable bonds is 3. The predicted octanol–water partition coefficient (Wildman–Crippen LogP) is -1.42. The highest BCUT2D eigenvalue weighted by Crippen LogP contribution is 1.92. The van der Waals surface area contributed by atoms with Gasteiger partial charge in [0.25, 0.3) is 0 Å². The summed E-state index contributed by atoms with van der Waals surface area (Å²) < 4.78 is 3.94. The van der Waals surface area contributed by atoms with Crippen LogP contribution < -0.4 is 11.5 Å². The minimum absolute atomic E-state index is 0.223. The molecule has 0 aliphatic rings. The summed E-state index contributed by atoms with van der Waals surface area (Å²) in [7, 11) is 0. The summed E-state index contributed by atoms with van der Waals surface area (Å²) in [5, 5.41) is 0. The molecule has 0 aliphatic heterocycles. The number of amides is 1. The van der Waals surface area contributed by atoms with E-state index in [0.717, 1.165) is 0 Å². The van der Waals surface area contributed by atoms with Gasteiger partial charge >= 0.3 is 5.97 Å². The van der Waals surface area contributed by atoms with Gasteiger partial charge in [-0.25, -0.2) is 4.79 Å². The highest BCUT2D eigenvalue weighted by atomic mass is 32.1. The van der Waals surface area contributed by atoms with Crippen LogP contribution in [0.1, 0.15) is 6.42 Å². The van der Waals surface area contributed by atoms with Gasteiger partial charge in [0.15, 0.2) is 0 Å². The van der Waals surface area contributed by atoms with Crippen LogP contribution in [0.5, 0.6) is 0 Å². The molecule has 0 aromatic rings. The van der Waals surface area contributed by atoms with Gasteiger partial charge < -0.3 is 15.7 Å². The zero-order valence-corrected chi connectivity index (χ0v) is 6.01. The number of carbonyl (C=O) groups excluding carboxylic acids is 2. The van der Waals surface area contributed by atoms with Crippen molar-refractivity contribution >= 4 is 24.8 Å². The van der Waals surface area contributed by atoms with Gasteiger partial charge in [0, 0.05) is 12.9 Å². The highest BCUT2D eigenvalue weighted by Gasteiger charge is 2.16. The lowest BCUT2D eigenvalue weighted by Gasteiger charge is -2.03. The van der Waals surface area contributed by atoms with Crippen molar-refractivity contribution in [2.45, 2.75) is 12.5 Å². The lowest BCUT2D eigenvalue weighted by Crippen LogP contribution is -2.35. The molecule has 0 radical (unpaired) electrons. The molecule has 0 rings (SSSR count). The third-order valence-electron chi connectivity index (χ3n) is 0.814. The van der Waals surface area contributed by atoms with Gasteiger partial charge in [-0.3, -0.25) is 4.79 Å². The maximum Gasteiger partial charge on any atom is 0.335 e. The molecule has 1 amide bonds. The van der Waals surface area contributed by atoms with E-state index < -0.39 is 17.9 Å². The average Bonchev–Trinajstić information content (AvgIpc) is 1.85. The van der Waals surface area contributed by atoms with Crippen molar-refractivity contribution in [2.24, 2.45) is 11.5 Å². The second kappa shape index (κ2) is 4.13. The van der Waals surface area contributed by atoms with Crippen LogP contribution in [-0.4, -0.2) is 17.9 Å². The Morgan fingerprint density at radius 1 is 1.60 bits per heavy atom. The molecule has 6 heteroatoms. The third-order valence-corrected chi connectivity index (χ3v) is 0.994. The number of carbonyl (C=O) groups is 2. The van der Waals surface area contributed by atoms with Gasteiger partial charge in [0.05, 0.1) is 6.42 Å². The van der Waals surface area contributed by atoms with Crippen LogP contribution in [0.3, 0.4) is 0 Å². The van der Waals surface area contributed by atoms with E-state index in [2.05, 4.69) is 17.1 Å². The normalized spacial score (nSPS) is 12.2. The molecule has 0 aromatic heterocycles. The van der Waals surface area contributed by atoms with E-state index in [0.29, 0.717) is 0 Å². The summed E-state index contributed by atoms with van der Waals surface area (Å²) in [4.78, 5) is 20.6. The Balaban J connectivity index is 3.72. The van der Waals surface area contributed by atoms with Crippen molar-refractivity contribution in [1.82, 2.24) is 0 Å². The van der Waals surface area contributed by atoms with Gasteiger partial charge in [-0.15, -0.1) is 0 Å². The Morgan fingerprint density at radius 3 is 2.40 bits per heavy atom. The molecule has 0 fully saturated rings. The first kappa shape index (κ1) is 9.25. The summed E-state index contributed by atoms with van der Waals surface area (Å²) in [5.74, 6) is -1.41. The van der Waals surface area contributed by atoms with E-state index in [9.17, 15) is 9.59 Å². The van der Waals surface area contributed by atoms with Crippen LogP contribution in [0.15, 0.2) is 0 Å². The Bertz CT molecular complexity index is 149. The number of thiol groups is 1. The fraction of sp³-hybridized carbons (Fsp3) is 0.500. The Labute approximate surface area is 63.3 Å². The van der Waals surface area contributed by atoms with Crippen molar-refractivity contribution < 1.29 is 13.8 Å². The Morgan fingerprint density at radius 2 is 2.10 bits per heavy atom. The molecule has 10 heavy (non-hydrogen) atoms. The molecule has 0 heterocycles. The fourth-order valence-corrected chi connectivity index (χ4v) is 0.503. The molecule has 5 nitrogen and oxygen atoms in total. The van der Waals surface area contributed by atoms with E-state index in [1.807, 2.05) is 0 Å². The van der Waals surface area contributed by atoms with Gasteiger partial charge in [0.2, 0.25) is 5.91 Å². The van der Waals surface area contributed by atoms with E-state index >= 15 is 0 Å². The van der Waals surface area contributed by atoms with Gasteiger partial charge in [0.1, 0.15) is 6.04 Å². The second-order valence-electron chi connectivity index (χ2n) is 1.69. The minimum Gasteiger partial charge on any atom is -0.393 e. The zero-order valence-electron chi connectivity index (χ0n) is 5.11. The van der Waals surface area contributed by atoms with Crippen LogP contribution in [0.2, 0.25) is 0 Å². The molecule has 0 spiro atoms. The second-order valence-corrected chi connectivity index (χ2v) is 1.87. The Hall–Kier alpha value is -0.750. The zero-order chi connectivity index (χ0) is 8.15. The quantitative estimate of drug-likeness (QED) is 0.352. The van der Waals surface area contributed by atoms with Crippen LogP contribution in [0.4, 0.5) is 0 Å². The molecule has 0 bridgehead atoms. The van der Waals surface area contributed by atoms with Crippen molar-refractivity contribution in [2.75, 3.05) is 0 Å². The number of hydrogen-bond acceptors (Lipinski definition) is 5. The van der Waals surface area contributed by atoms with Crippen molar-refractivity contribution in [1.29, 1.82) is 0 Å². The maximum absolute atomic E-state index is 10.4. The van der Waals surface area contributed by atoms with Crippen LogP contribution in [0.25, 0.3) is 0 Å². The van der Waals surface area contributed by atoms with E-state index in [4.69, 9.17) is 11.5 Å². The molecular weight excluding hydrogens is 156 g/mol. The summed E-state index contributed by atoms with van der Waals surface area (Å²) >= 11 is 3.20. The first-order valence-electron chi connectivity index (χ1n) is 2.47. The molecule has 1 unspecified atom stereocenters. The fourth-order valence-electron chi connectivity index (χ4n) is 0.368. The van der Waals surface area contributed by atoms with Crippen molar-refractivity contribution in [3.8, 4) is 0 Å². The summed E-state index contributed by atoms with van der Waals surface area (Å²) in [6, 6.07) is -1.00. The molecule has 0 aromatic carbocycles. The van der Waals surface area contributed by atoms with Crippen molar-refractivity contribution in [3.05, 3.63) is 0 Å². The first-order chi connectivity index (χ1) is 4.57. The smallest absolute Gasteiger partial charge is 0.335 e. The SMILES string of the molecule is NC(=O)CC(N)C(=O)OS. The van der Waals surface area contributed by atoms with Crippen LogP contribution >= 0.6 is 12.9 Å². The highest BCUT2D eigenvalue weighted by molar-refractivity contribution is 7.75. The third kappa shape index (κ3) is 3.31. The molecule has 4 N–H and O–H groups in total. The molecule has 0 aliphatic carbocycles. The predicted molar refractivity (Wildman–Crippen MR) is 36.9 cm³/mol. The number of nitrogens with two attached hydrogens (primary N) is 2. The van der Waals surface area contributed by atoms with Gasteiger partial charge in [-0.2, -0.15) is 0 Å². The molecule has 0 saturated carbocycles. The lowest BCUT2D eigenvalue weighted by molar-refractivity contribution is -0.136. The van der Waals surface area contributed by atoms with Crippen LogP contribution in [0, 0.1) is 0 Å². The van der Waals surface area contributed by atoms with Gasteiger partial charge in [-0.1, -0.05) is 0 Å². The minimum atomic E-state index is -1.00. The summed E-state index contributed by atoms with van der Waals surface area (Å²) in [5.41, 5.74) is 9.84. The largest absolute Gasteiger partial charge is 0.393 e. The monoisotopic (exact) mass is 164 g/mol. The topological polar surface area (TPSA) is 95.4 Å². The van der Waals surface area contributed by atoms with Gasteiger partial charge in [-0.05, 0) is 0 Å². The number of primary amides is 1. The van der Waals surface area contributed by atoms with E-state index in [-0.39, 0.29) is 6.42 Å².